The summed E-state index contributed by atoms with van der Waals surface area (Å²) in [7, 11) is 0. The molecule has 2 unspecified atom stereocenters. The standard InChI is InChI=1S/C13H15BrN2O3/c1-7(17)15-6-11(18)13(19)8-5-16-10-4-2-3-9(14)12(8)10/h2-5,11,13,16,18-19H,6H2,1H3,(H,15,17). The van der Waals surface area contributed by atoms with E-state index in [-0.39, 0.29) is 12.5 Å². The molecule has 2 atom stereocenters. The molecule has 19 heavy (non-hydrogen) atoms. The summed E-state index contributed by atoms with van der Waals surface area (Å²) in [5.41, 5.74) is 1.47. The molecule has 2 aromatic rings. The van der Waals surface area contributed by atoms with E-state index in [1.165, 1.54) is 6.92 Å². The third-order valence-corrected chi connectivity index (χ3v) is 3.59. The summed E-state index contributed by atoms with van der Waals surface area (Å²) in [4.78, 5) is 13.8. The monoisotopic (exact) mass is 326 g/mol. The first kappa shape index (κ1) is 14.0. The van der Waals surface area contributed by atoms with Gasteiger partial charge in [-0.15, -0.1) is 0 Å². The summed E-state index contributed by atoms with van der Waals surface area (Å²) in [5.74, 6) is -0.244. The SMILES string of the molecule is CC(=O)NCC(O)C(O)c1c[nH]c2cccc(Br)c12. The van der Waals surface area contributed by atoms with Gasteiger partial charge >= 0.3 is 0 Å². The Bertz CT molecular complexity index is 597. The molecule has 0 saturated carbocycles. The minimum atomic E-state index is -1.07. The molecule has 0 aliphatic rings. The molecule has 0 aliphatic heterocycles. The van der Waals surface area contributed by atoms with E-state index in [0.717, 1.165) is 15.4 Å². The van der Waals surface area contributed by atoms with E-state index in [2.05, 4.69) is 26.2 Å². The van der Waals surface area contributed by atoms with Gasteiger partial charge in [-0.3, -0.25) is 4.79 Å². The first-order valence-electron chi connectivity index (χ1n) is 5.86. The van der Waals surface area contributed by atoms with Crippen molar-refractivity contribution < 1.29 is 15.0 Å². The molecule has 4 N–H and O–H groups in total. The fourth-order valence-electron chi connectivity index (χ4n) is 1.97. The Labute approximate surface area is 118 Å². The Hall–Kier alpha value is -1.37. The van der Waals surface area contributed by atoms with Gasteiger partial charge in [0.15, 0.2) is 0 Å². The summed E-state index contributed by atoms with van der Waals surface area (Å²) < 4.78 is 0.840. The van der Waals surface area contributed by atoms with Crippen molar-refractivity contribution in [3.8, 4) is 0 Å². The summed E-state index contributed by atoms with van der Waals surface area (Å²) in [6.07, 6.45) is -0.467. The van der Waals surface area contributed by atoms with Gasteiger partial charge in [0, 0.05) is 40.6 Å². The summed E-state index contributed by atoms with van der Waals surface area (Å²) in [6, 6.07) is 5.63. The van der Waals surface area contributed by atoms with Crippen LogP contribution in [0.5, 0.6) is 0 Å². The van der Waals surface area contributed by atoms with Crippen LogP contribution in [0.4, 0.5) is 0 Å². The highest BCUT2D eigenvalue weighted by Crippen LogP contribution is 2.31. The molecular formula is C13H15BrN2O3. The highest BCUT2D eigenvalue weighted by Gasteiger charge is 2.22. The zero-order valence-electron chi connectivity index (χ0n) is 10.4. The van der Waals surface area contributed by atoms with Crippen molar-refractivity contribution in [1.82, 2.24) is 10.3 Å². The maximum Gasteiger partial charge on any atom is 0.216 e. The molecule has 0 spiro atoms. The van der Waals surface area contributed by atoms with Crippen molar-refractivity contribution in [2.45, 2.75) is 19.1 Å². The molecule has 1 amide bonds. The van der Waals surface area contributed by atoms with E-state index in [9.17, 15) is 15.0 Å². The number of amides is 1. The number of rotatable bonds is 4. The van der Waals surface area contributed by atoms with Crippen LogP contribution in [0.15, 0.2) is 28.9 Å². The fraction of sp³-hybridized carbons (Fsp3) is 0.308. The van der Waals surface area contributed by atoms with E-state index in [1.54, 1.807) is 6.20 Å². The van der Waals surface area contributed by atoms with E-state index in [0.29, 0.717) is 5.56 Å². The Balaban J connectivity index is 2.26. The molecular weight excluding hydrogens is 312 g/mol. The van der Waals surface area contributed by atoms with Crippen LogP contribution in [0, 0.1) is 0 Å². The third-order valence-electron chi connectivity index (χ3n) is 2.93. The lowest BCUT2D eigenvalue weighted by Gasteiger charge is -2.17. The van der Waals surface area contributed by atoms with Gasteiger partial charge in [-0.25, -0.2) is 0 Å². The number of hydrogen-bond donors (Lipinski definition) is 4. The zero-order chi connectivity index (χ0) is 14.0. The number of aliphatic hydroxyl groups is 2. The Morgan fingerprint density at radius 1 is 1.47 bits per heavy atom. The number of aromatic nitrogens is 1. The largest absolute Gasteiger partial charge is 0.388 e. The van der Waals surface area contributed by atoms with Crippen LogP contribution < -0.4 is 5.32 Å². The predicted octanol–water partition coefficient (Wildman–Crippen LogP) is 1.46. The Morgan fingerprint density at radius 2 is 2.21 bits per heavy atom. The second-order valence-electron chi connectivity index (χ2n) is 4.36. The molecule has 6 heteroatoms. The van der Waals surface area contributed by atoms with Crippen molar-refractivity contribution in [2.75, 3.05) is 6.54 Å². The number of carbonyl (C=O) groups is 1. The van der Waals surface area contributed by atoms with Crippen LogP contribution in [0.25, 0.3) is 10.9 Å². The molecule has 102 valence electrons. The summed E-state index contributed by atoms with van der Waals surface area (Å²) in [6.45, 7) is 1.37. The number of hydrogen-bond acceptors (Lipinski definition) is 3. The van der Waals surface area contributed by atoms with Crippen molar-refractivity contribution in [1.29, 1.82) is 0 Å². The number of halogens is 1. The second-order valence-corrected chi connectivity index (χ2v) is 5.21. The lowest BCUT2D eigenvalue weighted by atomic mass is 10.0. The average molecular weight is 327 g/mol. The number of aliphatic hydroxyl groups excluding tert-OH is 2. The number of aromatic amines is 1. The minimum Gasteiger partial charge on any atom is -0.388 e. The normalized spacial score (nSPS) is 14.3. The quantitative estimate of drug-likeness (QED) is 0.686. The molecule has 0 fully saturated rings. The number of fused-ring (bicyclic) bond motifs is 1. The average Bonchev–Trinajstić information content (AvgIpc) is 2.80. The van der Waals surface area contributed by atoms with Gasteiger partial charge in [0.25, 0.3) is 0 Å². The first-order valence-corrected chi connectivity index (χ1v) is 6.66. The van der Waals surface area contributed by atoms with Crippen molar-refractivity contribution in [2.24, 2.45) is 0 Å². The maximum atomic E-state index is 10.8. The third kappa shape index (κ3) is 2.97. The molecule has 2 rings (SSSR count). The molecule has 1 aromatic heterocycles. The van der Waals surface area contributed by atoms with Crippen molar-refractivity contribution in [3.05, 3.63) is 34.4 Å². The van der Waals surface area contributed by atoms with Crippen LogP contribution in [-0.4, -0.2) is 33.8 Å². The van der Waals surface area contributed by atoms with Gasteiger partial charge in [0.2, 0.25) is 5.91 Å². The molecule has 1 aromatic carbocycles. The fourth-order valence-corrected chi connectivity index (χ4v) is 2.56. The highest BCUT2D eigenvalue weighted by atomic mass is 79.9. The van der Waals surface area contributed by atoms with Crippen LogP contribution in [0.2, 0.25) is 0 Å². The van der Waals surface area contributed by atoms with Crippen LogP contribution >= 0.6 is 15.9 Å². The lowest BCUT2D eigenvalue weighted by Crippen LogP contribution is -2.34. The van der Waals surface area contributed by atoms with Gasteiger partial charge in [-0.2, -0.15) is 0 Å². The van der Waals surface area contributed by atoms with Crippen LogP contribution in [0.3, 0.4) is 0 Å². The molecule has 0 aliphatic carbocycles. The number of nitrogens with one attached hydrogen (secondary N) is 2. The summed E-state index contributed by atoms with van der Waals surface area (Å²) >= 11 is 3.42. The second kappa shape index (κ2) is 5.73. The van der Waals surface area contributed by atoms with Gasteiger partial charge in [0.05, 0.1) is 0 Å². The zero-order valence-corrected chi connectivity index (χ0v) is 11.9. The van der Waals surface area contributed by atoms with Crippen LogP contribution in [-0.2, 0) is 4.79 Å². The van der Waals surface area contributed by atoms with Crippen molar-refractivity contribution >= 4 is 32.7 Å². The minimum absolute atomic E-state index is 0.00757. The molecule has 0 radical (unpaired) electrons. The molecule has 1 heterocycles. The molecule has 0 saturated heterocycles. The van der Waals surface area contributed by atoms with E-state index in [4.69, 9.17) is 0 Å². The molecule has 0 bridgehead atoms. The summed E-state index contributed by atoms with van der Waals surface area (Å²) in [5, 5.41) is 23.4. The number of benzene rings is 1. The smallest absolute Gasteiger partial charge is 0.216 e. The Morgan fingerprint density at radius 3 is 2.89 bits per heavy atom. The maximum absolute atomic E-state index is 10.8. The van der Waals surface area contributed by atoms with Gasteiger partial charge < -0.3 is 20.5 Å². The van der Waals surface area contributed by atoms with Crippen molar-refractivity contribution in [3.63, 3.8) is 0 Å². The highest BCUT2D eigenvalue weighted by molar-refractivity contribution is 9.10. The number of H-pyrrole nitrogens is 1. The van der Waals surface area contributed by atoms with Gasteiger partial charge in [-0.05, 0) is 12.1 Å². The van der Waals surface area contributed by atoms with Gasteiger partial charge in [-0.1, -0.05) is 22.0 Å². The lowest BCUT2D eigenvalue weighted by molar-refractivity contribution is -0.119. The first-order chi connectivity index (χ1) is 9.00. The van der Waals surface area contributed by atoms with E-state index < -0.39 is 12.2 Å². The predicted molar refractivity (Wildman–Crippen MR) is 75.6 cm³/mol. The van der Waals surface area contributed by atoms with Crippen LogP contribution in [0.1, 0.15) is 18.6 Å². The molecule has 5 nitrogen and oxygen atoms in total. The number of carbonyl (C=O) groups excluding carboxylic acids is 1. The van der Waals surface area contributed by atoms with Gasteiger partial charge in [0.1, 0.15) is 12.2 Å². The van der Waals surface area contributed by atoms with E-state index in [1.807, 2.05) is 18.2 Å². The van der Waals surface area contributed by atoms with E-state index >= 15 is 0 Å². The Kier molecular flexibility index (Phi) is 4.24. The topological polar surface area (TPSA) is 85.3 Å².